The molecule has 1 aromatic rings. The van der Waals surface area contributed by atoms with Gasteiger partial charge in [-0.05, 0) is 43.4 Å². The Balaban J connectivity index is 1.87. The van der Waals surface area contributed by atoms with Gasteiger partial charge in [-0.25, -0.2) is 0 Å². The summed E-state index contributed by atoms with van der Waals surface area (Å²) in [7, 11) is -1.61. The van der Waals surface area contributed by atoms with Gasteiger partial charge in [-0.1, -0.05) is 31.5 Å². The minimum Gasteiger partial charge on any atom is -0.426 e. The van der Waals surface area contributed by atoms with Gasteiger partial charge in [0.2, 0.25) is 5.91 Å². The van der Waals surface area contributed by atoms with Gasteiger partial charge < -0.3 is 20.3 Å². The Morgan fingerprint density at radius 1 is 1.33 bits per heavy atom. The third kappa shape index (κ3) is 5.96. The number of hydrogen-bond donors (Lipinski definition) is 3. The first-order chi connectivity index (χ1) is 12.7. The molecule has 1 saturated heterocycles. The smallest absolute Gasteiger partial charge is 0.426 e. The van der Waals surface area contributed by atoms with Crippen LogP contribution in [0.1, 0.15) is 45.1 Å². The number of Topliss-reactive ketones (excluding diaryl/α,β-unsaturated/α-hetero) is 1. The van der Waals surface area contributed by atoms with E-state index in [1.165, 1.54) is 0 Å². The fourth-order valence-electron chi connectivity index (χ4n) is 3.30. The summed E-state index contributed by atoms with van der Waals surface area (Å²) in [5, 5.41) is 22.0. The van der Waals surface area contributed by atoms with Crippen molar-refractivity contribution >= 4 is 36.1 Å². The monoisotopic (exact) mass is 394 g/mol. The number of carbonyl (C=O) groups excluding carboxylic acids is 2. The number of benzene rings is 1. The standard InChI is InChI=1S/C19H28BClN2O4/c1-12(2)10-18(20(26)27)22-19(25)7-6-17(24)16-8-9-23(16)15-5-4-13(3)11-14(15)21/h4-5,11-12,16,18,26-27H,6-10H2,1-3H3,(H,22,25)/t16-,18?/m0/s1. The van der Waals surface area contributed by atoms with Gasteiger partial charge in [0.25, 0.3) is 0 Å². The van der Waals surface area contributed by atoms with Gasteiger partial charge in [-0.3, -0.25) is 9.59 Å². The second-order valence-electron chi connectivity index (χ2n) is 7.64. The van der Waals surface area contributed by atoms with Crippen molar-refractivity contribution in [3.63, 3.8) is 0 Å². The van der Waals surface area contributed by atoms with Gasteiger partial charge in [0.05, 0.1) is 22.7 Å². The molecule has 2 atom stereocenters. The molecule has 0 saturated carbocycles. The highest BCUT2D eigenvalue weighted by Crippen LogP contribution is 2.34. The lowest BCUT2D eigenvalue weighted by atomic mass is 9.75. The van der Waals surface area contributed by atoms with Crippen LogP contribution in [0.15, 0.2) is 18.2 Å². The van der Waals surface area contributed by atoms with Gasteiger partial charge in [0.1, 0.15) is 0 Å². The topological polar surface area (TPSA) is 89.9 Å². The molecule has 0 spiro atoms. The molecule has 1 heterocycles. The lowest BCUT2D eigenvalue weighted by Gasteiger charge is -2.42. The maximum Gasteiger partial charge on any atom is 0.475 e. The van der Waals surface area contributed by atoms with Crippen LogP contribution in [0, 0.1) is 12.8 Å². The first-order valence-corrected chi connectivity index (χ1v) is 9.77. The zero-order valence-corrected chi connectivity index (χ0v) is 16.9. The maximum atomic E-state index is 12.5. The van der Waals surface area contributed by atoms with Crippen molar-refractivity contribution in [1.29, 1.82) is 0 Å². The van der Waals surface area contributed by atoms with Gasteiger partial charge in [0.15, 0.2) is 5.78 Å². The Bertz CT molecular complexity index is 684. The predicted octanol–water partition coefficient (Wildman–Crippen LogP) is 2.12. The van der Waals surface area contributed by atoms with E-state index >= 15 is 0 Å². The molecule has 1 aromatic carbocycles. The molecule has 1 fully saturated rings. The van der Waals surface area contributed by atoms with E-state index in [4.69, 9.17) is 11.6 Å². The molecule has 3 N–H and O–H groups in total. The average Bonchev–Trinajstić information content (AvgIpc) is 2.53. The molecular formula is C19H28BClN2O4. The second kappa shape index (κ2) is 9.58. The van der Waals surface area contributed by atoms with Crippen LogP contribution in [0.2, 0.25) is 5.02 Å². The van der Waals surface area contributed by atoms with Gasteiger partial charge >= 0.3 is 7.12 Å². The zero-order valence-electron chi connectivity index (χ0n) is 16.1. The lowest BCUT2D eigenvalue weighted by molar-refractivity contribution is -0.126. The van der Waals surface area contributed by atoms with Crippen molar-refractivity contribution in [3.05, 3.63) is 28.8 Å². The van der Waals surface area contributed by atoms with Crippen LogP contribution in [0.25, 0.3) is 0 Å². The largest absolute Gasteiger partial charge is 0.475 e. The van der Waals surface area contributed by atoms with Crippen molar-refractivity contribution in [2.24, 2.45) is 5.92 Å². The van der Waals surface area contributed by atoms with Gasteiger partial charge in [-0.2, -0.15) is 0 Å². The molecule has 27 heavy (non-hydrogen) atoms. The van der Waals surface area contributed by atoms with Crippen molar-refractivity contribution < 1.29 is 19.6 Å². The third-order valence-corrected chi connectivity index (χ3v) is 5.14. The molecule has 2 rings (SSSR count). The first-order valence-electron chi connectivity index (χ1n) is 9.40. The Kier molecular flexibility index (Phi) is 7.71. The van der Waals surface area contributed by atoms with Crippen molar-refractivity contribution in [1.82, 2.24) is 5.32 Å². The van der Waals surface area contributed by atoms with Crippen LogP contribution in [-0.2, 0) is 9.59 Å². The number of nitrogens with zero attached hydrogens (tertiary/aromatic N) is 1. The summed E-state index contributed by atoms with van der Waals surface area (Å²) < 4.78 is 0. The van der Waals surface area contributed by atoms with E-state index < -0.39 is 13.1 Å². The SMILES string of the molecule is Cc1ccc(N2CC[C@H]2C(=O)CCC(=O)NC(CC(C)C)B(O)O)c(Cl)c1. The van der Waals surface area contributed by atoms with Crippen LogP contribution < -0.4 is 10.2 Å². The minimum absolute atomic E-state index is 0.00185. The number of hydrogen-bond acceptors (Lipinski definition) is 5. The highest BCUT2D eigenvalue weighted by atomic mass is 35.5. The summed E-state index contributed by atoms with van der Waals surface area (Å²) in [6.45, 7) is 6.60. The fraction of sp³-hybridized carbons (Fsp3) is 0.579. The van der Waals surface area contributed by atoms with E-state index in [1.54, 1.807) is 0 Å². The number of carbonyl (C=O) groups is 2. The summed E-state index contributed by atoms with van der Waals surface area (Å²) in [5.74, 6) is -0.861. The predicted molar refractivity (Wildman–Crippen MR) is 108 cm³/mol. The zero-order chi connectivity index (χ0) is 20.1. The number of rotatable bonds is 9. The molecule has 0 radical (unpaired) electrons. The van der Waals surface area contributed by atoms with E-state index in [0.717, 1.165) is 24.2 Å². The number of ketones is 1. The lowest BCUT2D eigenvalue weighted by Crippen LogP contribution is -2.53. The molecule has 1 amide bonds. The molecule has 6 nitrogen and oxygen atoms in total. The second-order valence-corrected chi connectivity index (χ2v) is 8.04. The van der Waals surface area contributed by atoms with Gasteiger partial charge in [-0.15, -0.1) is 0 Å². The van der Waals surface area contributed by atoms with Crippen molar-refractivity contribution in [2.45, 2.75) is 58.4 Å². The summed E-state index contributed by atoms with van der Waals surface area (Å²) in [4.78, 5) is 26.6. The number of aryl methyl sites for hydroxylation is 1. The molecule has 0 bridgehead atoms. The molecule has 1 aliphatic heterocycles. The van der Waals surface area contributed by atoms with E-state index in [1.807, 2.05) is 43.9 Å². The molecule has 0 aliphatic carbocycles. The minimum atomic E-state index is -1.61. The summed E-state index contributed by atoms with van der Waals surface area (Å²) in [5.41, 5.74) is 1.91. The summed E-state index contributed by atoms with van der Waals surface area (Å²) in [6, 6.07) is 5.50. The van der Waals surface area contributed by atoms with Crippen molar-refractivity contribution in [2.75, 3.05) is 11.4 Å². The third-order valence-electron chi connectivity index (χ3n) is 4.83. The molecule has 0 aromatic heterocycles. The average molecular weight is 395 g/mol. The fourth-order valence-corrected chi connectivity index (χ4v) is 3.64. The van der Waals surface area contributed by atoms with Crippen LogP contribution in [-0.4, -0.2) is 47.4 Å². The van der Waals surface area contributed by atoms with Crippen LogP contribution in [0.5, 0.6) is 0 Å². The Hall–Kier alpha value is -1.57. The van der Waals surface area contributed by atoms with Crippen molar-refractivity contribution in [3.8, 4) is 0 Å². The maximum absolute atomic E-state index is 12.5. The molecule has 148 valence electrons. The number of nitrogens with one attached hydrogen (secondary N) is 1. The molecule has 1 aliphatic rings. The van der Waals surface area contributed by atoms with E-state index in [2.05, 4.69) is 5.32 Å². The highest BCUT2D eigenvalue weighted by molar-refractivity contribution is 6.43. The van der Waals surface area contributed by atoms with E-state index in [0.29, 0.717) is 11.4 Å². The Morgan fingerprint density at radius 2 is 2.04 bits per heavy atom. The molecular weight excluding hydrogens is 366 g/mol. The Labute approximate surface area is 166 Å². The highest BCUT2D eigenvalue weighted by Gasteiger charge is 2.35. The summed E-state index contributed by atoms with van der Waals surface area (Å²) in [6.07, 6.45) is 1.36. The Morgan fingerprint density at radius 3 is 2.56 bits per heavy atom. The van der Waals surface area contributed by atoms with Gasteiger partial charge in [0, 0.05) is 19.4 Å². The van der Waals surface area contributed by atoms with Crippen LogP contribution in [0.4, 0.5) is 5.69 Å². The van der Waals surface area contributed by atoms with Crippen LogP contribution >= 0.6 is 11.6 Å². The first kappa shape index (κ1) is 21.7. The quantitative estimate of drug-likeness (QED) is 0.558. The number of amides is 1. The number of halogens is 1. The molecule has 8 heteroatoms. The molecule has 1 unspecified atom stereocenters. The number of anilines is 1. The van der Waals surface area contributed by atoms with Crippen LogP contribution in [0.3, 0.4) is 0 Å². The van der Waals surface area contributed by atoms with E-state index in [9.17, 15) is 19.6 Å². The van der Waals surface area contributed by atoms with E-state index in [-0.39, 0.29) is 36.5 Å². The normalized spacial score (nSPS) is 17.4. The summed E-state index contributed by atoms with van der Waals surface area (Å²) >= 11 is 6.30.